The third kappa shape index (κ3) is 6.69. The van der Waals surface area contributed by atoms with Crippen LogP contribution in [0.2, 0.25) is 0 Å². The lowest BCUT2D eigenvalue weighted by molar-refractivity contribution is 0.310. The number of ether oxygens (including phenoxy) is 2. The summed E-state index contributed by atoms with van der Waals surface area (Å²) in [6.45, 7) is 7.97. The molecular formula is C21H35N3O3S. The zero-order valence-electron chi connectivity index (χ0n) is 17.6. The van der Waals surface area contributed by atoms with Crippen LogP contribution in [0.3, 0.4) is 0 Å². The van der Waals surface area contributed by atoms with Gasteiger partial charge in [-0.3, -0.25) is 4.21 Å². The molecule has 0 radical (unpaired) electrons. The highest BCUT2D eigenvalue weighted by molar-refractivity contribution is 7.85. The molecule has 1 saturated carbocycles. The summed E-state index contributed by atoms with van der Waals surface area (Å²) in [6.07, 6.45) is 4.22. The molecule has 1 fully saturated rings. The zero-order valence-corrected chi connectivity index (χ0v) is 18.4. The zero-order chi connectivity index (χ0) is 20.4. The molecule has 0 bridgehead atoms. The smallest absolute Gasteiger partial charge is 0.191 e. The van der Waals surface area contributed by atoms with Gasteiger partial charge in [0.05, 0.1) is 20.3 Å². The second kappa shape index (κ2) is 11.9. The number of hydrogen-bond donors (Lipinski definition) is 2. The van der Waals surface area contributed by atoms with Crippen molar-refractivity contribution in [1.29, 1.82) is 0 Å². The number of benzene rings is 1. The van der Waals surface area contributed by atoms with Crippen LogP contribution in [-0.4, -0.2) is 47.5 Å². The van der Waals surface area contributed by atoms with E-state index in [0.717, 1.165) is 61.0 Å². The summed E-state index contributed by atoms with van der Waals surface area (Å²) in [6, 6.07) is 6.23. The summed E-state index contributed by atoms with van der Waals surface area (Å²) in [5.41, 5.74) is 1.06. The molecule has 7 heteroatoms. The van der Waals surface area contributed by atoms with Crippen LogP contribution >= 0.6 is 0 Å². The molecule has 1 aliphatic carbocycles. The van der Waals surface area contributed by atoms with E-state index in [2.05, 4.69) is 17.6 Å². The maximum atomic E-state index is 12.2. The summed E-state index contributed by atoms with van der Waals surface area (Å²) in [5, 5.41) is 7.17. The van der Waals surface area contributed by atoms with Gasteiger partial charge < -0.3 is 20.1 Å². The summed E-state index contributed by atoms with van der Waals surface area (Å²) in [4.78, 5) is 4.75. The lowest BCUT2D eigenvalue weighted by atomic mass is 9.95. The van der Waals surface area contributed by atoms with Gasteiger partial charge in [-0.15, -0.1) is 0 Å². The lowest BCUT2D eigenvalue weighted by Gasteiger charge is -2.30. The Hall–Kier alpha value is -1.76. The molecule has 1 aliphatic rings. The van der Waals surface area contributed by atoms with E-state index in [1.807, 2.05) is 32.0 Å². The van der Waals surface area contributed by atoms with Crippen molar-refractivity contribution >= 4 is 16.8 Å². The van der Waals surface area contributed by atoms with E-state index in [1.54, 1.807) is 7.11 Å². The predicted molar refractivity (Wildman–Crippen MR) is 117 cm³/mol. The van der Waals surface area contributed by atoms with Crippen molar-refractivity contribution in [2.75, 3.05) is 26.0 Å². The summed E-state index contributed by atoms with van der Waals surface area (Å²) < 4.78 is 23.2. The molecule has 3 unspecified atom stereocenters. The number of nitrogens with one attached hydrogen (secondary N) is 2. The van der Waals surface area contributed by atoms with Gasteiger partial charge >= 0.3 is 0 Å². The van der Waals surface area contributed by atoms with Crippen molar-refractivity contribution < 1.29 is 13.7 Å². The van der Waals surface area contributed by atoms with Gasteiger partial charge in [0.25, 0.3) is 0 Å². The van der Waals surface area contributed by atoms with Crippen molar-refractivity contribution in [3.05, 3.63) is 23.8 Å². The van der Waals surface area contributed by atoms with Crippen LogP contribution < -0.4 is 20.1 Å². The Kier molecular flexibility index (Phi) is 9.61. The van der Waals surface area contributed by atoms with Gasteiger partial charge in [-0.25, -0.2) is 4.99 Å². The molecule has 0 amide bonds. The fourth-order valence-corrected chi connectivity index (χ4v) is 4.87. The Bertz CT molecular complexity index is 666. The maximum absolute atomic E-state index is 12.2. The Balaban J connectivity index is 2.03. The van der Waals surface area contributed by atoms with Crippen molar-refractivity contribution in [2.24, 2.45) is 4.99 Å². The highest BCUT2D eigenvalue weighted by Gasteiger charge is 2.26. The number of methoxy groups -OCH3 is 1. The molecule has 2 N–H and O–H groups in total. The number of rotatable bonds is 9. The number of guanidine groups is 1. The van der Waals surface area contributed by atoms with Crippen molar-refractivity contribution in [2.45, 2.75) is 64.3 Å². The van der Waals surface area contributed by atoms with Gasteiger partial charge in [0.2, 0.25) is 0 Å². The van der Waals surface area contributed by atoms with Gasteiger partial charge in [0.1, 0.15) is 0 Å². The fraction of sp³-hybridized carbons (Fsp3) is 0.667. The van der Waals surface area contributed by atoms with Crippen LogP contribution in [0.1, 0.15) is 52.0 Å². The molecule has 0 aliphatic heterocycles. The van der Waals surface area contributed by atoms with E-state index in [0.29, 0.717) is 24.4 Å². The topological polar surface area (TPSA) is 72.0 Å². The van der Waals surface area contributed by atoms with Crippen molar-refractivity contribution in [3.8, 4) is 11.5 Å². The molecule has 28 heavy (non-hydrogen) atoms. The second-order valence-corrected chi connectivity index (χ2v) is 8.92. The first-order valence-corrected chi connectivity index (χ1v) is 11.7. The van der Waals surface area contributed by atoms with E-state index < -0.39 is 10.8 Å². The molecule has 3 atom stereocenters. The third-order valence-corrected chi connectivity index (χ3v) is 6.66. The van der Waals surface area contributed by atoms with Crippen LogP contribution in [0.5, 0.6) is 11.5 Å². The number of hydrogen-bond acceptors (Lipinski definition) is 4. The SMILES string of the molecule is CCNC(=NCc1ccc(OC)c(OCC)c1)NC1CCCC(S(=O)CC)C1. The first-order valence-electron chi connectivity index (χ1n) is 10.3. The first-order chi connectivity index (χ1) is 13.6. The van der Waals surface area contributed by atoms with Crippen LogP contribution in [0, 0.1) is 0 Å². The van der Waals surface area contributed by atoms with Crippen LogP contribution in [0.25, 0.3) is 0 Å². The average molecular weight is 410 g/mol. The van der Waals surface area contributed by atoms with Crippen molar-refractivity contribution in [3.63, 3.8) is 0 Å². The van der Waals surface area contributed by atoms with Crippen LogP contribution in [0.15, 0.2) is 23.2 Å². The Labute approximate surface area is 171 Å². The average Bonchev–Trinajstić information content (AvgIpc) is 2.72. The summed E-state index contributed by atoms with van der Waals surface area (Å²) >= 11 is 0. The van der Waals surface area contributed by atoms with Crippen LogP contribution in [0.4, 0.5) is 0 Å². The van der Waals surface area contributed by atoms with Gasteiger partial charge in [0.15, 0.2) is 17.5 Å². The molecular weight excluding hydrogens is 374 g/mol. The largest absolute Gasteiger partial charge is 0.493 e. The fourth-order valence-electron chi connectivity index (χ4n) is 3.52. The second-order valence-electron chi connectivity index (χ2n) is 6.91. The van der Waals surface area contributed by atoms with Gasteiger partial charge in [-0.2, -0.15) is 0 Å². The summed E-state index contributed by atoms with van der Waals surface area (Å²) in [7, 11) is 0.925. The minimum absolute atomic E-state index is 0.300. The van der Waals surface area contributed by atoms with E-state index in [9.17, 15) is 4.21 Å². The first kappa shape index (κ1) is 22.5. The Morgan fingerprint density at radius 3 is 2.75 bits per heavy atom. The standard InChI is InChI=1S/C21H35N3O3S/c1-5-22-21(24-17-9-8-10-18(14-17)28(25)7-3)23-15-16-11-12-19(26-4)20(13-16)27-6-2/h11-13,17-18H,5-10,14-15H2,1-4H3,(H2,22,23,24). The minimum atomic E-state index is -0.720. The Morgan fingerprint density at radius 1 is 1.25 bits per heavy atom. The number of aliphatic imine (C=N–C) groups is 1. The lowest BCUT2D eigenvalue weighted by Crippen LogP contribution is -2.46. The monoisotopic (exact) mass is 409 g/mol. The quantitative estimate of drug-likeness (QED) is 0.484. The van der Waals surface area contributed by atoms with E-state index >= 15 is 0 Å². The predicted octanol–water partition coefficient (Wildman–Crippen LogP) is 3.23. The molecule has 0 aromatic heterocycles. The molecule has 1 aromatic rings. The molecule has 0 heterocycles. The molecule has 0 saturated heterocycles. The van der Waals surface area contributed by atoms with Crippen molar-refractivity contribution in [1.82, 2.24) is 10.6 Å². The highest BCUT2D eigenvalue weighted by atomic mass is 32.2. The molecule has 0 spiro atoms. The van der Waals surface area contributed by atoms with E-state index in [1.165, 1.54) is 0 Å². The minimum Gasteiger partial charge on any atom is -0.493 e. The van der Waals surface area contributed by atoms with Gasteiger partial charge in [0, 0.05) is 34.4 Å². The summed E-state index contributed by atoms with van der Waals surface area (Å²) in [5.74, 6) is 3.03. The number of nitrogens with zero attached hydrogens (tertiary/aromatic N) is 1. The molecule has 2 rings (SSSR count). The molecule has 158 valence electrons. The van der Waals surface area contributed by atoms with E-state index in [4.69, 9.17) is 14.5 Å². The third-order valence-electron chi connectivity index (χ3n) is 4.92. The molecule has 6 nitrogen and oxygen atoms in total. The van der Waals surface area contributed by atoms with Gasteiger partial charge in [-0.05, 0) is 50.8 Å². The molecule has 1 aromatic carbocycles. The van der Waals surface area contributed by atoms with Crippen LogP contribution in [-0.2, 0) is 17.3 Å². The normalized spacial score (nSPS) is 21.1. The van der Waals surface area contributed by atoms with Gasteiger partial charge in [-0.1, -0.05) is 19.4 Å². The highest BCUT2D eigenvalue weighted by Crippen LogP contribution is 2.28. The maximum Gasteiger partial charge on any atom is 0.191 e. The Morgan fingerprint density at radius 2 is 2.07 bits per heavy atom. The van der Waals surface area contributed by atoms with E-state index in [-0.39, 0.29) is 0 Å².